The second kappa shape index (κ2) is 10.5. The smallest absolute Gasteiger partial charge is 0.321 e. The van der Waals surface area contributed by atoms with Gasteiger partial charge in [-0.3, -0.25) is 19.9 Å². The van der Waals surface area contributed by atoms with Crippen LogP contribution in [0.15, 0.2) is 60.9 Å². The van der Waals surface area contributed by atoms with Gasteiger partial charge in [0.2, 0.25) is 12.2 Å². The Morgan fingerprint density at radius 3 is 2.61 bits per heavy atom. The molecule has 2 N–H and O–H groups in total. The van der Waals surface area contributed by atoms with E-state index in [1.807, 2.05) is 42.5 Å². The van der Waals surface area contributed by atoms with E-state index in [0.29, 0.717) is 30.1 Å². The van der Waals surface area contributed by atoms with E-state index in [2.05, 4.69) is 31.0 Å². The monoisotopic (exact) mass is 512 g/mol. The van der Waals surface area contributed by atoms with E-state index in [-0.39, 0.29) is 12.5 Å². The molecule has 0 aliphatic carbocycles. The first-order chi connectivity index (χ1) is 18.4. The van der Waals surface area contributed by atoms with Crippen LogP contribution in [0.25, 0.3) is 22.5 Å². The number of pyridine rings is 1. The van der Waals surface area contributed by atoms with Crippen molar-refractivity contribution < 1.29 is 19.1 Å². The number of nitrogens with zero attached hydrogens (tertiary/aromatic N) is 6. The van der Waals surface area contributed by atoms with Gasteiger partial charge in [-0.2, -0.15) is 4.80 Å². The average molecular weight is 513 g/mol. The van der Waals surface area contributed by atoms with Crippen LogP contribution in [0.4, 0.5) is 4.79 Å². The van der Waals surface area contributed by atoms with Crippen molar-refractivity contribution in [1.82, 2.24) is 40.7 Å². The van der Waals surface area contributed by atoms with Crippen LogP contribution in [-0.2, 0) is 18.4 Å². The summed E-state index contributed by atoms with van der Waals surface area (Å²) in [4.78, 5) is 43.5. The van der Waals surface area contributed by atoms with Gasteiger partial charge in [0.15, 0.2) is 0 Å². The first-order valence-corrected chi connectivity index (χ1v) is 11.7. The Kier molecular flexibility index (Phi) is 6.76. The molecular formula is C26H24N8O4. The number of hydrogen-bond donors (Lipinski definition) is 2. The Morgan fingerprint density at radius 1 is 1.11 bits per heavy atom. The lowest BCUT2D eigenvalue weighted by Gasteiger charge is -2.25. The molecule has 4 amide bonds. The number of urea groups is 1. The van der Waals surface area contributed by atoms with Gasteiger partial charge >= 0.3 is 6.03 Å². The summed E-state index contributed by atoms with van der Waals surface area (Å²) >= 11 is 0. The van der Waals surface area contributed by atoms with E-state index < -0.39 is 12.1 Å². The van der Waals surface area contributed by atoms with Gasteiger partial charge in [-0.15, -0.1) is 10.2 Å². The van der Waals surface area contributed by atoms with E-state index >= 15 is 0 Å². The third kappa shape index (κ3) is 5.05. The fraction of sp³-hybridized carbons (Fsp3) is 0.192. The Bertz CT molecular complexity index is 1500. The largest absolute Gasteiger partial charge is 0.497 e. The number of methoxy groups -OCH3 is 1. The van der Waals surface area contributed by atoms with Gasteiger partial charge in [0.05, 0.1) is 20.2 Å². The number of benzene rings is 2. The second-order valence-electron chi connectivity index (χ2n) is 8.68. The van der Waals surface area contributed by atoms with Gasteiger partial charge in [0.1, 0.15) is 5.75 Å². The van der Waals surface area contributed by atoms with Crippen LogP contribution in [0, 0.1) is 0 Å². The SMILES string of the molecule is COc1ccc2c(c1)C(=O)N(C[C@H](NC(=O)NC=O)c1ccc(-c3cncc(-c4nnn(C)n4)c3)cc1)C2. The number of amides is 4. The Morgan fingerprint density at radius 2 is 1.89 bits per heavy atom. The quantitative estimate of drug-likeness (QED) is 0.342. The molecule has 38 heavy (non-hydrogen) atoms. The molecule has 12 nitrogen and oxygen atoms in total. The molecule has 4 aromatic rings. The predicted molar refractivity (Wildman–Crippen MR) is 136 cm³/mol. The molecule has 0 saturated carbocycles. The van der Waals surface area contributed by atoms with E-state index in [1.165, 1.54) is 4.80 Å². The van der Waals surface area contributed by atoms with Gasteiger partial charge in [0, 0.05) is 42.2 Å². The molecule has 5 rings (SSSR count). The van der Waals surface area contributed by atoms with Crippen molar-refractivity contribution >= 4 is 18.3 Å². The number of hydrogen-bond acceptors (Lipinski definition) is 8. The van der Waals surface area contributed by atoms with Crippen LogP contribution >= 0.6 is 0 Å². The van der Waals surface area contributed by atoms with Gasteiger partial charge in [-0.25, -0.2) is 4.79 Å². The van der Waals surface area contributed by atoms with Crippen molar-refractivity contribution in [3.8, 4) is 28.3 Å². The molecular weight excluding hydrogens is 488 g/mol. The topological polar surface area (TPSA) is 144 Å². The normalized spacial score (nSPS) is 13.1. The number of tetrazole rings is 1. The van der Waals surface area contributed by atoms with Gasteiger partial charge in [-0.1, -0.05) is 30.3 Å². The van der Waals surface area contributed by atoms with Gasteiger partial charge in [-0.05, 0) is 40.1 Å². The standard InChI is InChI=1S/C26H24N8O4/c1-33-31-24(30-32-33)20-9-19(11-27-12-20)16-3-5-17(6-4-16)23(29-26(37)28-15-35)14-34-13-18-7-8-21(38-2)10-22(18)25(34)36/h3-12,15,23H,13-14H2,1-2H3,(H2,28,29,35,37)/t23-/m0/s1. The molecule has 0 fully saturated rings. The lowest BCUT2D eigenvalue weighted by atomic mass is 10.0. The lowest BCUT2D eigenvalue weighted by Crippen LogP contribution is -2.42. The number of aryl methyl sites for hydroxylation is 1. The molecule has 192 valence electrons. The van der Waals surface area contributed by atoms with Crippen LogP contribution in [0.2, 0.25) is 0 Å². The number of ether oxygens (including phenoxy) is 1. The molecule has 2 aromatic heterocycles. The molecule has 1 aliphatic rings. The van der Waals surface area contributed by atoms with Crippen molar-refractivity contribution in [3.05, 3.63) is 77.6 Å². The van der Waals surface area contributed by atoms with Crippen molar-refractivity contribution in [2.75, 3.05) is 13.7 Å². The summed E-state index contributed by atoms with van der Waals surface area (Å²) in [6.07, 6.45) is 3.71. The molecule has 0 bridgehead atoms. The number of imide groups is 1. The predicted octanol–water partition coefficient (Wildman–Crippen LogP) is 2.10. The maximum absolute atomic E-state index is 13.1. The minimum absolute atomic E-state index is 0.154. The third-order valence-electron chi connectivity index (χ3n) is 6.25. The van der Waals surface area contributed by atoms with E-state index in [0.717, 1.165) is 27.8 Å². The zero-order chi connectivity index (χ0) is 26.6. The fourth-order valence-electron chi connectivity index (χ4n) is 4.35. The molecule has 1 aliphatic heterocycles. The van der Waals surface area contributed by atoms with Crippen LogP contribution in [0.1, 0.15) is 27.5 Å². The van der Waals surface area contributed by atoms with E-state index in [1.54, 1.807) is 37.5 Å². The highest BCUT2D eigenvalue weighted by Gasteiger charge is 2.30. The first-order valence-electron chi connectivity index (χ1n) is 11.7. The maximum Gasteiger partial charge on any atom is 0.321 e. The lowest BCUT2D eigenvalue weighted by molar-refractivity contribution is -0.108. The zero-order valence-electron chi connectivity index (χ0n) is 20.7. The summed E-state index contributed by atoms with van der Waals surface area (Å²) in [6, 6.07) is 13.6. The molecule has 3 heterocycles. The van der Waals surface area contributed by atoms with E-state index in [4.69, 9.17) is 4.74 Å². The molecule has 0 unspecified atom stereocenters. The first kappa shape index (κ1) is 24.6. The summed E-state index contributed by atoms with van der Waals surface area (Å²) in [6.45, 7) is 0.607. The Balaban J connectivity index is 1.38. The zero-order valence-corrected chi connectivity index (χ0v) is 20.7. The molecule has 0 spiro atoms. The Hall–Kier alpha value is -5.13. The van der Waals surface area contributed by atoms with Crippen LogP contribution in [0.3, 0.4) is 0 Å². The number of fused-ring (bicyclic) bond motifs is 1. The summed E-state index contributed by atoms with van der Waals surface area (Å²) in [5.41, 5.74) is 4.68. The molecule has 2 aromatic carbocycles. The Labute approximate surface area is 217 Å². The number of carbonyl (C=O) groups is 3. The highest BCUT2D eigenvalue weighted by Crippen LogP contribution is 2.30. The van der Waals surface area contributed by atoms with Crippen molar-refractivity contribution in [3.63, 3.8) is 0 Å². The highest BCUT2D eigenvalue weighted by molar-refractivity contribution is 5.98. The molecule has 0 radical (unpaired) electrons. The number of aromatic nitrogens is 5. The maximum atomic E-state index is 13.1. The van der Waals surface area contributed by atoms with Crippen LogP contribution in [-0.4, -0.2) is 62.1 Å². The third-order valence-corrected chi connectivity index (χ3v) is 6.25. The van der Waals surface area contributed by atoms with E-state index in [9.17, 15) is 14.4 Å². The molecule has 0 saturated heterocycles. The van der Waals surface area contributed by atoms with Crippen LogP contribution < -0.4 is 15.4 Å². The minimum Gasteiger partial charge on any atom is -0.497 e. The summed E-state index contributed by atoms with van der Waals surface area (Å²) in [5.74, 6) is 0.916. The summed E-state index contributed by atoms with van der Waals surface area (Å²) in [5, 5.41) is 17.0. The minimum atomic E-state index is -0.659. The number of carbonyl (C=O) groups excluding carboxylic acids is 3. The number of rotatable bonds is 8. The van der Waals surface area contributed by atoms with Gasteiger partial charge in [0.25, 0.3) is 5.91 Å². The van der Waals surface area contributed by atoms with Crippen LogP contribution in [0.5, 0.6) is 5.75 Å². The average Bonchev–Trinajstić information content (AvgIpc) is 3.51. The van der Waals surface area contributed by atoms with Crippen molar-refractivity contribution in [2.45, 2.75) is 12.6 Å². The summed E-state index contributed by atoms with van der Waals surface area (Å²) in [7, 11) is 3.24. The highest BCUT2D eigenvalue weighted by atomic mass is 16.5. The summed E-state index contributed by atoms with van der Waals surface area (Å²) < 4.78 is 5.25. The number of nitrogens with one attached hydrogen (secondary N) is 2. The second-order valence-corrected chi connectivity index (χ2v) is 8.68. The molecule has 12 heteroatoms. The van der Waals surface area contributed by atoms with Crippen molar-refractivity contribution in [1.29, 1.82) is 0 Å². The van der Waals surface area contributed by atoms with Gasteiger partial charge < -0.3 is 15.0 Å². The van der Waals surface area contributed by atoms with Crippen molar-refractivity contribution in [2.24, 2.45) is 7.05 Å². The fourth-order valence-corrected chi connectivity index (χ4v) is 4.35. The molecule has 1 atom stereocenters.